The first-order valence-electron chi connectivity index (χ1n) is 8.96. The second-order valence-corrected chi connectivity index (χ2v) is 7.83. The molecule has 134 valence electrons. The third-order valence-corrected chi connectivity index (χ3v) is 5.89. The summed E-state index contributed by atoms with van der Waals surface area (Å²) in [6.45, 7) is 0.878. The van der Waals surface area contributed by atoms with E-state index in [1.807, 2.05) is 42.5 Å². The van der Waals surface area contributed by atoms with Crippen molar-refractivity contribution in [2.75, 3.05) is 12.4 Å². The van der Waals surface area contributed by atoms with Crippen LogP contribution in [0.2, 0.25) is 5.02 Å². The summed E-state index contributed by atoms with van der Waals surface area (Å²) in [6.07, 6.45) is 3.89. The number of ether oxygens (including phenoxy) is 1. The van der Waals surface area contributed by atoms with E-state index < -0.39 is 0 Å². The molecule has 0 saturated carbocycles. The van der Waals surface area contributed by atoms with Gasteiger partial charge in [0.05, 0.1) is 17.5 Å². The summed E-state index contributed by atoms with van der Waals surface area (Å²) in [5.74, 6) is 0.920. The standard InChI is InChI=1S/C21H21ClN2OS/c22-18-12-5-4-11-17(18)20-19(15-8-2-1-3-9-15)23-21(24-20)26-14-16-10-6-7-13-25-16/h1-5,8-9,11-12,16H,6-7,10,13-14H2,(H,23,24). The maximum atomic E-state index is 6.45. The number of hydrogen-bond acceptors (Lipinski definition) is 3. The lowest BCUT2D eigenvalue weighted by Crippen LogP contribution is -2.21. The largest absolute Gasteiger partial charge is 0.377 e. The molecular weight excluding hydrogens is 364 g/mol. The average molecular weight is 385 g/mol. The predicted octanol–water partition coefficient (Wildman–Crippen LogP) is 6.06. The molecule has 0 spiro atoms. The number of rotatable bonds is 5. The van der Waals surface area contributed by atoms with Crippen molar-refractivity contribution in [1.29, 1.82) is 0 Å². The maximum Gasteiger partial charge on any atom is 0.166 e. The molecule has 1 unspecified atom stereocenters. The lowest BCUT2D eigenvalue weighted by atomic mass is 10.1. The number of H-pyrrole nitrogens is 1. The molecule has 1 atom stereocenters. The Bertz CT molecular complexity index is 859. The monoisotopic (exact) mass is 384 g/mol. The minimum absolute atomic E-state index is 0.322. The fourth-order valence-corrected chi connectivity index (χ4v) is 4.36. The van der Waals surface area contributed by atoms with Gasteiger partial charge in [0.15, 0.2) is 5.16 Å². The Kier molecular flexibility index (Phi) is 5.63. The molecule has 1 fully saturated rings. The quantitative estimate of drug-likeness (QED) is 0.543. The van der Waals surface area contributed by atoms with Crippen LogP contribution in [0.3, 0.4) is 0 Å². The van der Waals surface area contributed by atoms with Crippen LogP contribution in [0.25, 0.3) is 22.5 Å². The van der Waals surface area contributed by atoms with Gasteiger partial charge in [-0.2, -0.15) is 0 Å². The fraction of sp³-hybridized carbons (Fsp3) is 0.286. The molecule has 5 heteroatoms. The average Bonchev–Trinajstić information content (AvgIpc) is 3.12. The van der Waals surface area contributed by atoms with Crippen molar-refractivity contribution >= 4 is 23.4 Å². The Balaban J connectivity index is 1.65. The van der Waals surface area contributed by atoms with E-state index in [-0.39, 0.29) is 0 Å². The maximum absolute atomic E-state index is 6.45. The van der Waals surface area contributed by atoms with Crippen LogP contribution in [0.4, 0.5) is 0 Å². The number of imidazole rings is 1. The molecule has 4 rings (SSSR count). The van der Waals surface area contributed by atoms with Crippen LogP contribution in [0.1, 0.15) is 19.3 Å². The van der Waals surface area contributed by atoms with Crippen LogP contribution >= 0.6 is 23.4 Å². The zero-order chi connectivity index (χ0) is 17.8. The topological polar surface area (TPSA) is 37.9 Å². The minimum atomic E-state index is 0.322. The van der Waals surface area contributed by atoms with E-state index in [9.17, 15) is 0 Å². The molecule has 3 nitrogen and oxygen atoms in total. The van der Waals surface area contributed by atoms with Gasteiger partial charge in [-0.05, 0) is 25.3 Å². The first kappa shape index (κ1) is 17.7. The van der Waals surface area contributed by atoms with Crippen LogP contribution in [0.5, 0.6) is 0 Å². The van der Waals surface area contributed by atoms with Crippen molar-refractivity contribution in [1.82, 2.24) is 9.97 Å². The second-order valence-electron chi connectivity index (χ2n) is 6.41. The molecule has 0 radical (unpaired) electrons. The highest BCUT2D eigenvalue weighted by atomic mass is 35.5. The van der Waals surface area contributed by atoms with Crippen LogP contribution in [-0.4, -0.2) is 28.4 Å². The number of aromatic amines is 1. The summed E-state index contributed by atoms with van der Waals surface area (Å²) >= 11 is 8.17. The number of nitrogens with one attached hydrogen (secondary N) is 1. The van der Waals surface area contributed by atoms with Gasteiger partial charge in [0, 0.05) is 28.5 Å². The van der Waals surface area contributed by atoms with E-state index in [4.69, 9.17) is 21.3 Å². The molecule has 1 aliphatic rings. The molecule has 3 aromatic rings. The Morgan fingerprint density at radius 2 is 1.88 bits per heavy atom. The van der Waals surface area contributed by atoms with Gasteiger partial charge in [0.25, 0.3) is 0 Å². The highest BCUT2D eigenvalue weighted by Crippen LogP contribution is 2.36. The molecule has 1 aromatic heterocycles. The van der Waals surface area contributed by atoms with Gasteiger partial charge in [-0.15, -0.1) is 0 Å². The van der Waals surface area contributed by atoms with E-state index >= 15 is 0 Å². The molecule has 0 aliphatic carbocycles. The van der Waals surface area contributed by atoms with E-state index in [1.165, 1.54) is 12.8 Å². The summed E-state index contributed by atoms with van der Waals surface area (Å²) in [6, 6.07) is 18.1. The zero-order valence-electron chi connectivity index (χ0n) is 14.5. The van der Waals surface area contributed by atoms with E-state index in [2.05, 4.69) is 17.1 Å². The minimum Gasteiger partial charge on any atom is -0.377 e. The number of halogens is 1. The molecule has 0 amide bonds. The summed E-state index contributed by atoms with van der Waals surface area (Å²) in [4.78, 5) is 8.36. The van der Waals surface area contributed by atoms with E-state index in [0.29, 0.717) is 6.10 Å². The number of hydrogen-bond donors (Lipinski definition) is 1. The normalized spacial score (nSPS) is 17.3. The first-order valence-corrected chi connectivity index (χ1v) is 10.3. The molecule has 26 heavy (non-hydrogen) atoms. The summed E-state index contributed by atoms with van der Waals surface area (Å²) in [5.41, 5.74) is 3.96. The van der Waals surface area contributed by atoms with Crippen molar-refractivity contribution < 1.29 is 4.74 Å². The molecular formula is C21H21ClN2OS. The van der Waals surface area contributed by atoms with Crippen LogP contribution < -0.4 is 0 Å². The van der Waals surface area contributed by atoms with Gasteiger partial charge in [-0.25, -0.2) is 4.98 Å². The predicted molar refractivity (Wildman–Crippen MR) is 109 cm³/mol. The molecule has 2 heterocycles. The number of benzene rings is 2. The van der Waals surface area contributed by atoms with Crippen LogP contribution in [0.15, 0.2) is 59.8 Å². The van der Waals surface area contributed by atoms with Gasteiger partial charge < -0.3 is 9.72 Å². The van der Waals surface area contributed by atoms with E-state index in [1.54, 1.807) is 11.8 Å². The van der Waals surface area contributed by atoms with Crippen molar-refractivity contribution in [2.45, 2.75) is 30.5 Å². The van der Waals surface area contributed by atoms with Gasteiger partial charge >= 0.3 is 0 Å². The SMILES string of the molecule is Clc1ccccc1-c1[nH]c(SCC2CCCCO2)nc1-c1ccccc1. The van der Waals surface area contributed by atoms with Crippen molar-refractivity contribution in [3.05, 3.63) is 59.6 Å². The molecule has 1 aliphatic heterocycles. The Morgan fingerprint density at radius 1 is 1.08 bits per heavy atom. The second kappa shape index (κ2) is 8.30. The summed E-state index contributed by atoms with van der Waals surface area (Å²) < 4.78 is 5.84. The van der Waals surface area contributed by atoms with Gasteiger partial charge in [0.1, 0.15) is 0 Å². The Hall–Kier alpha value is -1.75. The zero-order valence-corrected chi connectivity index (χ0v) is 16.0. The highest BCUT2D eigenvalue weighted by Gasteiger charge is 2.19. The van der Waals surface area contributed by atoms with Gasteiger partial charge in [-0.3, -0.25) is 0 Å². The number of thioether (sulfide) groups is 1. The van der Waals surface area contributed by atoms with Crippen molar-refractivity contribution in [2.24, 2.45) is 0 Å². The molecule has 2 aromatic carbocycles. The lowest BCUT2D eigenvalue weighted by Gasteiger charge is -2.21. The fourth-order valence-electron chi connectivity index (χ4n) is 3.19. The first-order chi connectivity index (χ1) is 12.8. The third kappa shape index (κ3) is 3.98. The van der Waals surface area contributed by atoms with Crippen molar-refractivity contribution in [3.63, 3.8) is 0 Å². The summed E-state index contributed by atoms with van der Waals surface area (Å²) in [5, 5.41) is 1.63. The van der Waals surface area contributed by atoms with Crippen LogP contribution in [0, 0.1) is 0 Å². The number of nitrogens with zero attached hydrogens (tertiary/aromatic N) is 1. The lowest BCUT2D eigenvalue weighted by molar-refractivity contribution is 0.0315. The third-order valence-electron chi connectivity index (χ3n) is 4.55. The Labute approximate surface area is 163 Å². The smallest absolute Gasteiger partial charge is 0.166 e. The highest BCUT2D eigenvalue weighted by molar-refractivity contribution is 7.99. The summed E-state index contributed by atoms with van der Waals surface area (Å²) in [7, 11) is 0. The Morgan fingerprint density at radius 3 is 2.65 bits per heavy atom. The van der Waals surface area contributed by atoms with Gasteiger partial charge in [-0.1, -0.05) is 71.9 Å². The van der Waals surface area contributed by atoms with Gasteiger partial charge in [0.2, 0.25) is 0 Å². The van der Waals surface area contributed by atoms with Crippen molar-refractivity contribution in [3.8, 4) is 22.5 Å². The number of aromatic nitrogens is 2. The van der Waals surface area contributed by atoms with Crippen LogP contribution in [-0.2, 0) is 4.74 Å². The molecule has 1 saturated heterocycles. The molecule has 1 N–H and O–H groups in total. The molecule has 0 bridgehead atoms. The van der Waals surface area contributed by atoms with E-state index in [0.717, 1.165) is 51.5 Å².